The minimum absolute atomic E-state index is 0.0405. The smallest absolute Gasteiger partial charge is 0.329 e. The molecule has 0 fully saturated rings. The molecule has 3 N–H and O–H groups in total. The molecule has 2 aromatic carbocycles. The molecule has 0 radical (unpaired) electrons. The minimum atomic E-state index is -0.903. The van der Waals surface area contributed by atoms with Gasteiger partial charge in [-0.15, -0.1) is 0 Å². The summed E-state index contributed by atoms with van der Waals surface area (Å²) in [5, 5.41) is 16.1. The number of benzene rings is 2. The molecule has 2 amide bonds. The fourth-order valence-corrected chi connectivity index (χ4v) is 1.99. The molecule has 2 rings (SSSR count). The van der Waals surface area contributed by atoms with Gasteiger partial charge in [-0.3, -0.25) is 9.59 Å². The summed E-state index contributed by atoms with van der Waals surface area (Å²) < 4.78 is 0. The first-order valence-electron chi connectivity index (χ1n) is 7.11. The number of phenolic OH excluding ortho intramolecular Hbond substituents is 1. The van der Waals surface area contributed by atoms with Crippen LogP contribution in [-0.2, 0) is 16.1 Å². The van der Waals surface area contributed by atoms with Gasteiger partial charge in [0.15, 0.2) is 0 Å². The number of amides is 2. The second kappa shape index (κ2) is 8.12. The fraction of sp³-hybridized carbons (Fsp3) is 0.118. The topological polar surface area (TPSA) is 90.8 Å². The maximum Gasteiger partial charge on any atom is 0.329 e. The van der Waals surface area contributed by atoms with Gasteiger partial charge in [0, 0.05) is 17.1 Å². The predicted octanol–water partition coefficient (Wildman–Crippen LogP) is 2.12. The lowest BCUT2D eigenvalue weighted by Gasteiger charge is -2.04. The van der Waals surface area contributed by atoms with E-state index in [0.29, 0.717) is 10.6 Å². The van der Waals surface area contributed by atoms with Crippen LogP contribution in [0.1, 0.15) is 16.7 Å². The van der Waals surface area contributed by atoms with Gasteiger partial charge in [0.2, 0.25) is 0 Å². The SMILES string of the molecule is Cc1ccc(CNC(=O)C(=O)N/N=C\c2cc(Cl)ccc2O)cc1. The molecule has 0 spiro atoms. The van der Waals surface area contributed by atoms with Gasteiger partial charge in [-0.25, -0.2) is 5.43 Å². The van der Waals surface area contributed by atoms with E-state index < -0.39 is 11.8 Å². The van der Waals surface area contributed by atoms with E-state index in [1.807, 2.05) is 31.2 Å². The Morgan fingerprint density at radius 1 is 1.17 bits per heavy atom. The summed E-state index contributed by atoms with van der Waals surface area (Å²) in [5.41, 5.74) is 4.41. The number of hydrazone groups is 1. The van der Waals surface area contributed by atoms with E-state index in [1.165, 1.54) is 24.4 Å². The first kappa shape index (κ1) is 17.5. The van der Waals surface area contributed by atoms with Crippen molar-refractivity contribution in [1.82, 2.24) is 10.7 Å². The number of nitrogens with one attached hydrogen (secondary N) is 2. The first-order valence-corrected chi connectivity index (χ1v) is 7.49. The maximum atomic E-state index is 11.7. The highest BCUT2D eigenvalue weighted by atomic mass is 35.5. The Bertz CT molecular complexity index is 773. The van der Waals surface area contributed by atoms with Crippen LogP contribution in [0.2, 0.25) is 5.02 Å². The van der Waals surface area contributed by atoms with Crippen molar-refractivity contribution < 1.29 is 14.7 Å². The van der Waals surface area contributed by atoms with E-state index in [-0.39, 0.29) is 12.3 Å². The lowest BCUT2D eigenvalue weighted by molar-refractivity contribution is -0.139. The zero-order chi connectivity index (χ0) is 17.5. The second-order valence-electron chi connectivity index (χ2n) is 5.07. The summed E-state index contributed by atoms with van der Waals surface area (Å²) in [5.74, 6) is -1.75. The van der Waals surface area contributed by atoms with Crippen LogP contribution in [0.5, 0.6) is 5.75 Å². The van der Waals surface area contributed by atoms with Gasteiger partial charge in [-0.2, -0.15) is 5.10 Å². The molecule has 0 saturated carbocycles. The Morgan fingerprint density at radius 2 is 1.88 bits per heavy atom. The van der Waals surface area contributed by atoms with E-state index >= 15 is 0 Å². The third-order valence-electron chi connectivity index (χ3n) is 3.14. The highest BCUT2D eigenvalue weighted by Gasteiger charge is 2.11. The van der Waals surface area contributed by atoms with Crippen LogP contribution >= 0.6 is 11.6 Å². The summed E-state index contributed by atoms with van der Waals surface area (Å²) in [4.78, 5) is 23.3. The number of aromatic hydroxyl groups is 1. The number of aryl methyl sites for hydroxylation is 1. The lowest BCUT2D eigenvalue weighted by Crippen LogP contribution is -2.37. The van der Waals surface area contributed by atoms with Crippen LogP contribution in [0, 0.1) is 6.92 Å². The van der Waals surface area contributed by atoms with Crippen molar-refractivity contribution in [1.29, 1.82) is 0 Å². The Balaban J connectivity index is 1.85. The van der Waals surface area contributed by atoms with Crippen molar-refractivity contribution in [2.75, 3.05) is 0 Å². The molecule has 24 heavy (non-hydrogen) atoms. The number of hydrogen-bond donors (Lipinski definition) is 3. The molecule has 0 unspecified atom stereocenters. The number of hydrogen-bond acceptors (Lipinski definition) is 4. The van der Waals surface area contributed by atoms with Gasteiger partial charge in [0.05, 0.1) is 6.21 Å². The maximum absolute atomic E-state index is 11.7. The van der Waals surface area contributed by atoms with Crippen LogP contribution in [0.25, 0.3) is 0 Å². The van der Waals surface area contributed by atoms with Gasteiger partial charge in [-0.1, -0.05) is 41.4 Å². The molecule has 124 valence electrons. The van der Waals surface area contributed by atoms with Crippen LogP contribution in [0.3, 0.4) is 0 Å². The van der Waals surface area contributed by atoms with Gasteiger partial charge >= 0.3 is 11.8 Å². The zero-order valence-electron chi connectivity index (χ0n) is 12.9. The number of halogens is 1. The van der Waals surface area contributed by atoms with Gasteiger partial charge in [0.1, 0.15) is 5.75 Å². The summed E-state index contributed by atoms with van der Waals surface area (Å²) in [6, 6.07) is 12.0. The normalized spacial score (nSPS) is 10.6. The van der Waals surface area contributed by atoms with Crippen molar-refractivity contribution >= 4 is 29.6 Å². The first-order chi connectivity index (χ1) is 11.5. The van der Waals surface area contributed by atoms with Crippen LogP contribution in [0.15, 0.2) is 47.6 Å². The van der Waals surface area contributed by atoms with Crippen LogP contribution in [0.4, 0.5) is 0 Å². The minimum Gasteiger partial charge on any atom is -0.507 e. The molecule has 2 aromatic rings. The number of carbonyl (C=O) groups is 2. The van der Waals surface area contributed by atoms with Gasteiger partial charge in [0.25, 0.3) is 0 Å². The largest absolute Gasteiger partial charge is 0.507 e. The lowest BCUT2D eigenvalue weighted by atomic mass is 10.1. The molecule has 7 heteroatoms. The van der Waals surface area contributed by atoms with E-state index in [2.05, 4.69) is 15.8 Å². The Kier molecular flexibility index (Phi) is 5.92. The Hall–Kier alpha value is -2.86. The third-order valence-corrected chi connectivity index (χ3v) is 3.37. The standard InChI is InChI=1S/C17H16ClN3O3/c1-11-2-4-12(5-3-11)9-19-16(23)17(24)21-20-10-13-8-14(18)6-7-15(13)22/h2-8,10,22H,9H2,1H3,(H,19,23)(H,21,24)/b20-10-. The monoisotopic (exact) mass is 345 g/mol. The quantitative estimate of drug-likeness (QED) is 0.450. The summed E-state index contributed by atoms with van der Waals surface area (Å²) in [7, 11) is 0. The molecule has 6 nitrogen and oxygen atoms in total. The Labute approximate surface area is 144 Å². The van der Waals surface area contributed by atoms with Gasteiger partial charge < -0.3 is 10.4 Å². The predicted molar refractivity (Wildman–Crippen MR) is 91.9 cm³/mol. The van der Waals surface area contributed by atoms with Crippen LogP contribution in [-0.4, -0.2) is 23.1 Å². The second-order valence-corrected chi connectivity index (χ2v) is 5.51. The summed E-state index contributed by atoms with van der Waals surface area (Å²) >= 11 is 5.79. The van der Waals surface area contributed by atoms with Gasteiger partial charge in [-0.05, 0) is 30.7 Å². The molecule has 0 bridgehead atoms. The average molecular weight is 346 g/mol. The van der Waals surface area contributed by atoms with Crippen molar-refractivity contribution in [3.63, 3.8) is 0 Å². The number of phenols is 1. The highest BCUT2D eigenvalue weighted by Crippen LogP contribution is 2.19. The molecule has 0 aliphatic heterocycles. The molecular formula is C17H16ClN3O3. The fourth-order valence-electron chi connectivity index (χ4n) is 1.81. The molecule has 0 heterocycles. The van der Waals surface area contributed by atoms with Crippen molar-refractivity contribution in [3.05, 3.63) is 64.2 Å². The van der Waals surface area contributed by atoms with Crippen molar-refractivity contribution in [2.24, 2.45) is 5.10 Å². The van der Waals surface area contributed by atoms with E-state index in [0.717, 1.165) is 11.1 Å². The summed E-state index contributed by atoms with van der Waals surface area (Å²) in [6.07, 6.45) is 1.20. The number of carbonyl (C=O) groups excluding carboxylic acids is 2. The Morgan fingerprint density at radius 3 is 2.58 bits per heavy atom. The average Bonchev–Trinajstić information content (AvgIpc) is 2.57. The van der Waals surface area contributed by atoms with Crippen molar-refractivity contribution in [3.8, 4) is 5.75 Å². The molecule has 0 aromatic heterocycles. The molecule has 0 atom stereocenters. The van der Waals surface area contributed by atoms with E-state index in [1.54, 1.807) is 0 Å². The zero-order valence-corrected chi connectivity index (χ0v) is 13.7. The number of nitrogens with zero attached hydrogens (tertiary/aromatic N) is 1. The van der Waals surface area contributed by atoms with E-state index in [9.17, 15) is 14.7 Å². The highest BCUT2D eigenvalue weighted by molar-refractivity contribution is 6.35. The molecule has 0 aliphatic rings. The molecule has 0 saturated heterocycles. The molecule has 0 aliphatic carbocycles. The number of rotatable bonds is 4. The van der Waals surface area contributed by atoms with E-state index in [4.69, 9.17) is 11.6 Å². The molecular weight excluding hydrogens is 330 g/mol. The third kappa shape index (κ3) is 5.10. The van der Waals surface area contributed by atoms with Crippen LogP contribution < -0.4 is 10.7 Å². The summed E-state index contributed by atoms with van der Waals surface area (Å²) in [6.45, 7) is 2.21. The van der Waals surface area contributed by atoms with Crippen molar-refractivity contribution in [2.45, 2.75) is 13.5 Å².